The van der Waals surface area contributed by atoms with Gasteiger partial charge in [0.2, 0.25) is 0 Å². The molecule has 1 aromatic rings. The first-order valence-corrected chi connectivity index (χ1v) is 8.87. The van der Waals surface area contributed by atoms with E-state index in [2.05, 4.69) is 12.1 Å². The Kier molecular flexibility index (Phi) is 5.07. The predicted molar refractivity (Wildman–Crippen MR) is 88.0 cm³/mol. The Labute approximate surface area is 133 Å². The Morgan fingerprint density at radius 1 is 1.05 bits per heavy atom. The molecule has 118 valence electrons. The van der Waals surface area contributed by atoms with Crippen molar-refractivity contribution in [3.05, 3.63) is 35.4 Å². The summed E-state index contributed by atoms with van der Waals surface area (Å²) in [6, 6.07) is 8.16. The summed E-state index contributed by atoms with van der Waals surface area (Å²) in [5, 5.41) is 0. The summed E-state index contributed by atoms with van der Waals surface area (Å²) >= 11 is 0. The van der Waals surface area contributed by atoms with Crippen molar-refractivity contribution in [2.24, 2.45) is 11.8 Å². The predicted octanol–water partition coefficient (Wildman–Crippen LogP) is 4.75. The highest BCUT2D eigenvalue weighted by Crippen LogP contribution is 2.28. The molecule has 0 saturated heterocycles. The Balaban J connectivity index is 1.66. The molecule has 1 aromatic carbocycles. The van der Waals surface area contributed by atoms with E-state index < -0.39 is 0 Å². The fourth-order valence-corrected chi connectivity index (χ4v) is 4.07. The SMILES string of the molecule is O=C1CCCC(Cc2cccc(C(=O)C3CCCCC3)c2)C1. The molecule has 0 aromatic heterocycles. The molecule has 2 fully saturated rings. The van der Waals surface area contributed by atoms with Crippen molar-refractivity contribution in [2.75, 3.05) is 0 Å². The maximum Gasteiger partial charge on any atom is 0.165 e. The largest absolute Gasteiger partial charge is 0.300 e. The fourth-order valence-electron chi connectivity index (χ4n) is 4.07. The molecule has 0 amide bonds. The van der Waals surface area contributed by atoms with Crippen molar-refractivity contribution in [3.8, 4) is 0 Å². The van der Waals surface area contributed by atoms with Crippen LogP contribution < -0.4 is 0 Å². The van der Waals surface area contributed by atoms with Gasteiger partial charge >= 0.3 is 0 Å². The van der Waals surface area contributed by atoms with Crippen LogP contribution in [0.3, 0.4) is 0 Å². The molecule has 1 unspecified atom stereocenters. The Bertz CT molecular complexity index is 540. The van der Waals surface area contributed by atoms with Gasteiger partial charge in [-0.15, -0.1) is 0 Å². The second kappa shape index (κ2) is 7.21. The van der Waals surface area contributed by atoms with Gasteiger partial charge in [-0.2, -0.15) is 0 Å². The van der Waals surface area contributed by atoms with Crippen molar-refractivity contribution in [2.45, 2.75) is 64.2 Å². The van der Waals surface area contributed by atoms with Gasteiger partial charge in [-0.1, -0.05) is 37.5 Å². The van der Waals surface area contributed by atoms with Gasteiger partial charge in [-0.25, -0.2) is 0 Å². The van der Waals surface area contributed by atoms with Crippen molar-refractivity contribution in [1.82, 2.24) is 0 Å². The second-order valence-corrected chi connectivity index (χ2v) is 7.10. The van der Waals surface area contributed by atoms with E-state index in [-0.39, 0.29) is 5.92 Å². The van der Waals surface area contributed by atoms with Crippen LogP contribution in [0.5, 0.6) is 0 Å². The van der Waals surface area contributed by atoms with Gasteiger partial charge in [0.15, 0.2) is 5.78 Å². The zero-order chi connectivity index (χ0) is 15.4. The van der Waals surface area contributed by atoms with Crippen molar-refractivity contribution >= 4 is 11.6 Å². The van der Waals surface area contributed by atoms with E-state index in [0.29, 0.717) is 17.5 Å². The standard InChI is InChI=1S/C20H26O2/c21-19-11-5-7-16(14-19)12-15-6-4-10-18(13-15)20(22)17-8-2-1-3-9-17/h4,6,10,13,16-17H,1-3,5,7-9,11-12,14H2. The van der Waals surface area contributed by atoms with Gasteiger partial charge in [0.05, 0.1) is 0 Å². The van der Waals surface area contributed by atoms with Crippen LogP contribution in [0.2, 0.25) is 0 Å². The van der Waals surface area contributed by atoms with Crippen LogP contribution in [-0.2, 0) is 11.2 Å². The first-order valence-electron chi connectivity index (χ1n) is 8.87. The summed E-state index contributed by atoms with van der Waals surface area (Å²) in [5.74, 6) is 1.45. The topological polar surface area (TPSA) is 34.1 Å². The molecule has 0 spiro atoms. The van der Waals surface area contributed by atoms with E-state index in [9.17, 15) is 9.59 Å². The first kappa shape index (κ1) is 15.5. The normalized spacial score (nSPS) is 23.5. The summed E-state index contributed by atoms with van der Waals surface area (Å²) in [7, 11) is 0. The molecule has 0 bridgehead atoms. The van der Waals surface area contributed by atoms with Gasteiger partial charge in [0, 0.05) is 24.3 Å². The van der Waals surface area contributed by atoms with E-state index in [1.165, 1.54) is 24.8 Å². The molecule has 2 aliphatic carbocycles. The smallest absolute Gasteiger partial charge is 0.165 e. The van der Waals surface area contributed by atoms with Crippen LogP contribution in [-0.4, -0.2) is 11.6 Å². The maximum atomic E-state index is 12.6. The van der Waals surface area contributed by atoms with E-state index >= 15 is 0 Å². The molecule has 1 atom stereocenters. The molecule has 2 heteroatoms. The lowest BCUT2D eigenvalue weighted by molar-refractivity contribution is -0.121. The summed E-state index contributed by atoms with van der Waals surface area (Å²) in [5.41, 5.74) is 2.10. The number of benzene rings is 1. The molecule has 0 aliphatic heterocycles. The van der Waals surface area contributed by atoms with Gasteiger partial charge in [0.1, 0.15) is 5.78 Å². The van der Waals surface area contributed by atoms with Gasteiger partial charge in [-0.3, -0.25) is 9.59 Å². The zero-order valence-corrected chi connectivity index (χ0v) is 13.4. The Morgan fingerprint density at radius 3 is 2.64 bits per heavy atom. The first-order chi connectivity index (χ1) is 10.7. The van der Waals surface area contributed by atoms with Crippen LogP contribution in [0.4, 0.5) is 0 Å². The van der Waals surface area contributed by atoms with Crippen LogP contribution >= 0.6 is 0 Å². The number of carbonyl (C=O) groups is 2. The second-order valence-electron chi connectivity index (χ2n) is 7.10. The molecule has 2 aliphatic rings. The lowest BCUT2D eigenvalue weighted by Crippen LogP contribution is -2.19. The molecule has 2 saturated carbocycles. The summed E-state index contributed by atoms with van der Waals surface area (Å²) in [4.78, 5) is 24.2. The third kappa shape index (κ3) is 3.85. The highest BCUT2D eigenvalue weighted by molar-refractivity contribution is 5.98. The number of carbonyl (C=O) groups excluding carboxylic acids is 2. The Hall–Kier alpha value is -1.44. The van der Waals surface area contributed by atoms with Crippen molar-refractivity contribution < 1.29 is 9.59 Å². The highest BCUT2D eigenvalue weighted by Gasteiger charge is 2.23. The number of hydrogen-bond acceptors (Lipinski definition) is 2. The maximum absolute atomic E-state index is 12.6. The molecule has 0 heterocycles. The number of ketones is 2. The third-order valence-corrected chi connectivity index (χ3v) is 5.30. The van der Waals surface area contributed by atoms with Crippen LogP contribution in [0.1, 0.15) is 73.7 Å². The summed E-state index contributed by atoms with van der Waals surface area (Å²) in [6.07, 6.45) is 10.4. The zero-order valence-electron chi connectivity index (χ0n) is 13.4. The highest BCUT2D eigenvalue weighted by atomic mass is 16.1. The average molecular weight is 298 g/mol. The summed E-state index contributed by atoms with van der Waals surface area (Å²) < 4.78 is 0. The number of rotatable bonds is 4. The van der Waals surface area contributed by atoms with Gasteiger partial charge < -0.3 is 0 Å². The Morgan fingerprint density at radius 2 is 1.86 bits per heavy atom. The number of Topliss-reactive ketones (excluding diaryl/α,β-unsaturated/α-hetero) is 2. The van der Waals surface area contributed by atoms with Crippen LogP contribution in [0.15, 0.2) is 24.3 Å². The third-order valence-electron chi connectivity index (χ3n) is 5.30. The van der Waals surface area contributed by atoms with E-state index in [0.717, 1.165) is 50.5 Å². The van der Waals surface area contributed by atoms with Gasteiger partial charge in [-0.05, 0) is 49.7 Å². The van der Waals surface area contributed by atoms with Crippen LogP contribution in [0, 0.1) is 11.8 Å². The van der Waals surface area contributed by atoms with Crippen molar-refractivity contribution in [1.29, 1.82) is 0 Å². The monoisotopic (exact) mass is 298 g/mol. The molecule has 0 N–H and O–H groups in total. The molecular weight excluding hydrogens is 272 g/mol. The minimum absolute atomic E-state index is 0.236. The molecule has 2 nitrogen and oxygen atoms in total. The van der Waals surface area contributed by atoms with Crippen molar-refractivity contribution in [3.63, 3.8) is 0 Å². The lowest BCUT2D eigenvalue weighted by Gasteiger charge is -2.22. The van der Waals surface area contributed by atoms with E-state index in [4.69, 9.17) is 0 Å². The minimum atomic E-state index is 0.236. The average Bonchev–Trinajstić information content (AvgIpc) is 2.55. The summed E-state index contributed by atoms with van der Waals surface area (Å²) in [6.45, 7) is 0. The van der Waals surface area contributed by atoms with E-state index in [1.54, 1.807) is 0 Å². The van der Waals surface area contributed by atoms with E-state index in [1.807, 2.05) is 12.1 Å². The molecule has 22 heavy (non-hydrogen) atoms. The molecule has 0 radical (unpaired) electrons. The molecule has 3 rings (SSSR count). The lowest BCUT2D eigenvalue weighted by atomic mass is 9.82. The molecular formula is C20H26O2. The van der Waals surface area contributed by atoms with Gasteiger partial charge in [0.25, 0.3) is 0 Å². The number of hydrogen-bond donors (Lipinski definition) is 0. The quantitative estimate of drug-likeness (QED) is 0.752. The minimum Gasteiger partial charge on any atom is -0.300 e. The fraction of sp³-hybridized carbons (Fsp3) is 0.600. The van der Waals surface area contributed by atoms with Crippen LogP contribution in [0.25, 0.3) is 0 Å².